The Balaban J connectivity index is 1.01. The summed E-state index contributed by atoms with van der Waals surface area (Å²) >= 11 is 0. The standard InChI is InChI=1S/C60H42Si2/c1-61(2)53-29-7-5-19-39(53)45-25-13-27-47(59(45)61)49-31-35-15-11-23-43-51(33-37-17-9-21-41(49)55(37)57(35)43)52-34-38-18-10-22-42-50(32-36-16-12-24-44(52)58(36)56(38)42)48-28-14-26-46-40-20-6-8-30-54(40)62(3,4)60(46)48/h5-34H,1-4H3. The molecule has 12 aromatic carbocycles. The lowest BCUT2D eigenvalue weighted by Gasteiger charge is -2.25. The van der Waals surface area contributed by atoms with E-state index in [2.05, 4.69) is 208 Å². The highest BCUT2D eigenvalue weighted by Gasteiger charge is 2.41. The maximum atomic E-state index is 2.54. The van der Waals surface area contributed by atoms with Gasteiger partial charge in [0.2, 0.25) is 0 Å². The molecule has 62 heavy (non-hydrogen) atoms. The lowest BCUT2D eigenvalue weighted by atomic mass is 9.82. The van der Waals surface area contributed by atoms with Crippen LogP contribution in [0.1, 0.15) is 0 Å². The minimum atomic E-state index is -1.94. The molecule has 14 rings (SSSR count). The summed E-state index contributed by atoms with van der Waals surface area (Å²) in [6.45, 7) is 10.2. The van der Waals surface area contributed by atoms with Crippen LogP contribution in [-0.4, -0.2) is 16.1 Å². The summed E-state index contributed by atoms with van der Waals surface area (Å²) in [6, 6.07) is 70.4. The lowest BCUT2D eigenvalue weighted by molar-refractivity contribution is 1.67. The molecule has 0 aliphatic carbocycles. The predicted octanol–water partition coefficient (Wildman–Crippen LogP) is 14.1. The van der Waals surface area contributed by atoms with Crippen molar-refractivity contribution in [1.29, 1.82) is 0 Å². The summed E-state index contributed by atoms with van der Waals surface area (Å²) in [6.07, 6.45) is 0. The molecule has 0 saturated carbocycles. The van der Waals surface area contributed by atoms with Crippen LogP contribution in [0.4, 0.5) is 0 Å². The van der Waals surface area contributed by atoms with Gasteiger partial charge in [0, 0.05) is 0 Å². The molecule has 0 saturated heterocycles. The summed E-state index contributed by atoms with van der Waals surface area (Å²) in [4.78, 5) is 0. The minimum Gasteiger partial charge on any atom is -0.0623 e. The van der Waals surface area contributed by atoms with Crippen LogP contribution < -0.4 is 20.7 Å². The molecule has 2 heteroatoms. The Kier molecular flexibility index (Phi) is 6.71. The number of rotatable bonds is 3. The quantitative estimate of drug-likeness (QED) is 0.123. The summed E-state index contributed by atoms with van der Waals surface area (Å²) in [5, 5.41) is 22.3. The molecular weight excluding hydrogens is 777 g/mol. The van der Waals surface area contributed by atoms with E-state index in [-0.39, 0.29) is 0 Å². The highest BCUT2D eigenvalue weighted by atomic mass is 28.3. The number of hydrogen-bond acceptors (Lipinski definition) is 0. The van der Waals surface area contributed by atoms with E-state index in [0.29, 0.717) is 0 Å². The van der Waals surface area contributed by atoms with E-state index in [9.17, 15) is 0 Å². The Labute approximate surface area is 363 Å². The smallest absolute Gasteiger partial charge is 0.0623 e. The second-order valence-corrected chi connectivity index (χ2v) is 27.7. The monoisotopic (exact) mass is 818 g/mol. The average Bonchev–Trinajstić information content (AvgIpc) is 3.69. The van der Waals surface area contributed by atoms with Gasteiger partial charge in [-0.2, -0.15) is 0 Å². The van der Waals surface area contributed by atoms with Gasteiger partial charge in [0.05, 0.1) is 0 Å². The fourth-order valence-corrected chi connectivity index (χ4v) is 19.7. The zero-order valence-corrected chi connectivity index (χ0v) is 37.3. The van der Waals surface area contributed by atoms with Crippen molar-refractivity contribution >= 4 is 102 Å². The maximum absolute atomic E-state index is 2.54. The van der Waals surface area contributed by atoms with Crippen LogP contribution in [0.25, 0.3) is 120 Å². The summed E-state index contributed by atoms with van der Waals surface area (Å²) in [7, 11) is -3.89. The van der Waals surface area contributed by atoms with Gasteiger partial charge in [-0.15, -0.1) is 0 Å². The van der Waals surface area contributed by atoms with Gasteiger partial charge in [-0.1, -0.05) is 184 Å². The molecule has 0 radical (unpaired) electrons. The third kappa shape index (κ3) is 4.31. The molecule has 12 aromatic rings. The van der Waals surface area contributed by atoms with E-state index < -0.39 is 16.1 Å². The van der Waals surface area contributed by atoms with Crippen LogP contribution in [0.15, 0.2) is 182 Å². The van der Waals surface area contributed by atoms with Gasteiger partial charge in [0.25, 0.3) is 0 Å². The fourth-order valence-electron chi connectivity index (χ4n) is 12.7. The van der Waals surface area contributed by atoms with E-state index in [1.807, 2.05) is 0 Å². The molecule has 2 aliphatic rings. The van der Waals surface area contributed by atoms with Gasteiger partial charge in [0.1, 0.15) is 16.1 Å². The zero-order valence-electron chi connectivity index (χ0n) is 35.3. The van der Waals surface area contributed by atoms with Gasteiger partial charge in [-0.3, -0.25) is 0 Å². The Morgan fingerprint density at radius 1 is 0.242 bits per heavy atom. The van der Waals surface area contributed by atoms with Gasteiger partial charge in [-0.05, 0) is 165 Å². The summed E-state index contributed by atoms with van der Waals surface area (Å²) < 4.78 is 0. The molecule has 0 amide bonds. The molecule has 0 bridgehead atoms. The molecule has 0 nitrogen and oxygen atoms in total. The first-order chi connectivity index (χ1) is 30.3. The van der Waals surface area contributed by atoms with Crippen molar-refractivity contribution in [2.45, 2.75) is 26.2 Å². The zero-order chi connectivity index (χ0) is 41.2. The van der Waals surface area contributed by atoms with Crippen LogP contribution in [-0.2, 0) is 0 Å². The van der Waals surface area contributed by atoms with Gasteiger partial charge < -0.3 is 0 Å². The van der Waals surface area contributed by atoms with Crippen LogP contribution in [0, 0.1) is 0 Å². The minimum absolute atomic E-state index is 1.30. The molecule has 0 atom stereocenters. The second-order valence-electron chi connectivity index (χ2n) is 19.1. The lowest BCUT2D eigenvalue weighted by Crippen LogP contribution is -2.50. The normalized spacial score (nSPS) is 14.7. The summed E-state index contributed by atoms with van der Waals surface area (Å²) in [5.74, 6) is 0. The SMILES string of the molecule is C[Si]1(C)c2ccccc2-c2cccc(-c3cc4cccc5c(-c6cc7cccc8c(-c9cccc%10c9[Si](C)(C)c9ccccc9-%10)cc9cccc6c9c78)cc6cccc3c6c45)c21. The van der Waals surface area contributed by atoms with Crippen molar-refractivity contribution < 1.29 is 0 Å². The molecule has 0 unspecified atom stereocenters. The molecule has 0 aromatic heterocycles. The molecular formula is C60H42Si2. The molecule has 0 spiro atoms. The van der Waals surface area contributed by atoms with Gasteiger partial charge >= 0.3 is 0 Å². The third-order valence-electron chi connectivity index (χ3n) is 15.3. The average molecular weight is 819 g/mol. The third-order valence-corrected chi connectivity index (χ3v) is 22.4. The number of hydrogen-bond donors (Lipinski definition) is 0. The highest BCUT2D eigenvalue weighted by Crippen LogP contribution is 2.49. The van der Waals surface area contributed by atoms with Crippen LogP contribution in [0.2, 0.25) is 26.2 Å². The fraction of sp³-hybridized carbons (Fsp3) is 0.0667. The second kappa shape index (κ2) is 11.9. The van der Waals surface area contributed by atoms with Crippen molar-refractivity contribution in [1.82, 2.24) is 0 Å². The van der Waals surface area contributed by atoms with Crippen molar-refractivity contribution in [3.05, 3.63) is 182 Å². The van der Waals surface area contributed by atoms with Crippen LogP contribution >= 0.6 is 0 Å². The van der Waals surface area contributed by atoms with E-state index in [1.54, 1.807) is 20.7 Å². The summed E-state index contributed by atoms with van der Waals surface area (Å²) in [5.41, 5.74) is 13.8. The molecule has 290 valence electrons. The highest BCUT2D eigenvalue weighted by molar-refractivity contribution is 7.05. The Bertz CT molecular complexity index is 3660. The van der Waals surface area contributed by atoms with Gasteiger partial charge in [0.15, 0.2) is 0 Å². The van der Waals surface area contributed by atoms with E-state index >= 15 is 0 Å². The number of benzene rings is 12. The first-order valence-corrected chi connectivity index (χ1v) is 28.2. The van der Waals surface area contributed by atoms with Crippen LogP contribution in [0.3, 0.4) is 0 Å². The van der Waals surface area contributed by atoms with Crippen molar-refractivity contribution in [3.63, 3.8) is 0 Å². The van der Waals surface area contributed by atoms with Crippen molar-refractivity contribution in [2.24, 2.45) is 0 Å². The van der Waals surface area contributed by atoms with E-state index in [4.69, 9.17) is 0 Å². The Morgan fingerprint density at radius 2 is 0.500 bits per heavy atom. The van der Waals surface area contributed by atoms with Gasteiger partial charge in [-0.25, -0.2) is 0 Å². The Hall–Kier alpha value is -6.85. The van der Waals surface area contributed by atoms with Crippen molar-refractivity contribution in [2.75, 3.05) is 0 Å². The molecule has 2 aliphatic heterocycles. The maximum Gasteiger partial charge on any atom is 0.114 e. The number of fused-ring (bicyclic) bond motifs is 6. The molecule has 2 heterocycles. The Morgan fingerprint density at radius 3 is 0.839 bits per heavy atom. The molecule has 0 fully saturated rings. The van der Waals surface area contributed by atoms with E-state index in [1.165, 1.54) is 120 Å². The topological polar surface area (TPSA) is 0 Å². The van der Waals surface area contributed by atoms with Crippen LogP contribution in [0.5, 0.6) is 0 Å². The first kappa shape index (κ1) is 34.8. The first-order valence-electron chi connectivity index (χ1n) is 22.2. The predicted molar refractivity (Wildman–Crippen MR) is 275 cm³/mol. The van der Waals surface area contributed by atoms with E-state index in [0.717, 1.165) is 0 Å². The van der Waals surface area contributed by atoms with Crippen molar-refractivity contribution in [3.8, 4) is 55.6 Å². The largest absolute Gasteiger partial charge is 0.114 e. The molecule has 0 N–H and O–H groups in total.